The van der Waals surface area contributed by atoms with E-state index in [4.69, 9.17) is 10.2 Å². The van der Waals surface area contributed by atoms with Crippen molar-refractivity contribution < 1.29 is 24.9 Å². The Kier molecular flexibility index (Phi) is 2.79. The first kappa shape index (κ1) is 9.60. The maximum absolute atomic E-state index is 11.0. The maximum Gasteiger partial charge on any atom is 0.166 e. The minimum atomic E-state index is -1.33. The molecule has 70 valence electrons. The van der Waals surface area contributed by atoms with Gasteiger partial charge in [-0.3, -0.25) is 4.79 Å². The monoisotopic (exact) mass is 176 g/mol. The number of carbonyl (C=O) groups excluding carboxylic acids is 1. The van der Waals surface area contributed by atoms with Crippen LogP contribution in [-0.2, 0) is 9.53 Å². The van der Waals surface area contributed by atoms with Crippen LogP contribution in [-0.4, -0.2) is 52.6 Å². The number of ketones is 1. The quantitative estimate of drug-likeness (QED) is 0.432. The number of ether oxygens (including phenoxy) is 1. The molecule has 1 fully saturated rings. The van der Waals surface area contributed by atoms with Crippen LogP contribution in [0.15, 0.2) is 0 Å². The standard InChI is InChI=1S/C7H12O5/c1-12-7-4(9)2-3(8)5(10)6(7)11/h3,5-8,10-11H,2H2,1H3. The average molecular weight is 176 g/mol. The molecule has 1 saturated carbocycles. The van der Waals surface area contributed by atoms with Crippen LogP contribution in [0.2, 0.25) is 0 Å². The smallest absolute Gasteiger partial charge is 0.166 e. The second-order valence-electron chi connectivity index (χ2n) is 2.88. The summed E-state index contributed by atoms with van der Waals surface area (Å²) in [6.45, 7) is 0. The van der Waals surface area contributed by atoms with Crippen LogP contribution >= 0.6 is 0 Å². The first-order chi connectivity index (χ1) is 5.57. The van der Waals surface area contributed by atoms with Gasteiger partial charge in [-0.25, -0.2) is 0 Å². The number of hydrogen-bond acceptors (Lipinski definition) is 5. The van der Waals surface area contributed by atoms with Crippen LogP contribution in [0.1, 0.15) is 6.42 Å². The first-order valence-corrected chi connectivity index (χ1v) is 3.67. The van der Waals surface area contributed by atoms with Crippen molar-refractivity contribution >= 4 is 5.78 Å². The number of Topliss-reactive ketones (excluding diaryl/α,β-unsaturated/α-hetero) is 1. The summed E-state index contributed by atoms with van der Waals surface area (Å²) < 4.78 is 4.66. The zero-order chi connectivity index (χ0) is 9.30. The number of aliphatic hydroxyl groups is 3. The summed E-state index contributed by atoms with van der Waals surface area (Å²) in [5, 5.41) is 27.4. The Bertz CT molecular complexity index is 181. The summed E-state index contributed by atoms with van der Waals surface area (Å²) >= 11 is 0. The van der Waals surface area contributed by atoms with E-state index in [0.717, 1.165) is 0 Å². The third-order valence-corrected chi connectivity index (χ3v) is 2.04. The van der Waals surface area contributed by atoms with Gasteiger partial charge in [0.2, 0.25) is 0 Å². The van der Waals surface area contributed by atoms with E-state index >= 15 is 0 Å². The Hall–Kier alpha value is -0.490. The summed E-state index contributed by atoms with van der Waals surface area (Å²) in [6, 6.07) is 0. The van der Waals surface area contributed by atoms with Crippen LogP contribution in [0.5, 0.6) is 0 Å². The van der Waals surface area contributed by atoms with Gasteiger partial charge in [0.25, 0.3) is 0 Å². The lowest BCUT2D eigenvalue weighted by Crippen LogP contribution is -2.54. The van der Waals surface area contributed by atoms with E-state index in [9.17, 15) is 9.90 Å². The Labute approximate surface area is 69.6 Å². The maximum atomic E-state index is 11.0. The topological polar surface area (TPSA) is 87.0 Å². The number of carbonyl (C=O) groups is 1. The average Bonchev–Trinajstić information content (AvgIpc) is 2.01. The molecule has 0 spiro atoms. The van der Waals surface area contributed by atoms with Crippen molar-refractivity contribution in [3.8, 4) is 0 Å². The fraction of sp³-hybridized carbons (Fsp3) is 0.857. The zero-order valence-electron chi connectivity index (χ0n) is 6.67. The fourth-order valence-electron chi connectivity index (χ4n) is 1.31. The predicted molar refractivity (Wildman–Crippen MR) is 38.4 cm³/mol. The van der Waals surface area contributed by atoms with Crippen LogP contribution in [0, 0.1) is 0 Å². The van der Waals surface area contributed by atoms with Crippen LogP contribution in [0.3, 0.4) is 0 Å². The van der Waals surface area contributed by atoms with Gasteiger partial charge in [-0.1, -0.05) is 0 Å². The van der Waals surface area contributed by atoms with E-state index in [-0.39, 0.29) is 12.2 Å². The SMILES string of the molecule is COC1C(=O)CC(O)C(O)C1O. The van der Waals surface area contributed by atoms with Gasteiger partial charge in [-0.15, -0.1) is 0 Å². The molecule has 5 heteroatoms. The molecule has 1 rings (SSSR count). The second kappa shape index (κ2) is 3.49. The van der Waals surface area contributed by atoms with Crippen molar-refractivity contribution in [2.45, 2.75) is 30.8 Å². The largest absolute Gasteiger partial charge is 0.390 e. The number of aliphatic hydroxyl groups excluding tert-OH is 3. The molecule has 0 aliphatic heterocycles. The third-order valence-electron chi connectivity index (χ3n) is 2.04. The van der Waals surface area contributed by atoms with Crippen molar-refractivity contribution in [1.29, 1.82) is 0 Å². The summed E-state index contributed by atoms with van der Waals surface area (Å²) in [4.78, 5) is 11.0. The molecule has 12 heavy (non-hydrogen) atoms. The molecule has 0 bridgehead atoms. The molecule has 0 aromatic carbocycles. The Morgan fingerprint density at radius 3 is 2.42 bits per heavy atom. The van der Waals surface area contributed by atoms with Crippen LogP contribution < -0.4 is 0 Å². The van der Waals surface area contributed by atoms with Crippen molar-refractivity contribution in [1.82, 2.24) is 0 Å². The van der Waals surface area contributed by atoms with Crippen molar-refractivity contribution in [3.05, 3.63) is 0 Å². The van der Waals surface area contributed by atoms with Crippen molar-refractivity contribution in [3.63, 3.8) is 0 Å². The van der Waals surface area contributed by atoms with Gasteiger partial charge in [-0.05, 0) is 0 Å². The summed E-state index contributed by atoms with van der Waals surface area (Å²) in [5.41, 5.74) is 0. The lowest BCUT2D eigenvalue weighted by atomic mass is 9.88. The highest BCUT2D eigenvalue weighted by Gasteiger charge is 2.42. The Morgan fingerprint density at radius 1 is 1.33 bits per heavy atom. The molecular formula is C7H12O5. The lowest BCUT2D eigenvalue weighted by Gasteiger charge is -2.32. The molecule has 0 saturated heterocycles. The van der Waals surface area contributed by atoms with Gasteiger partial charge >= 0.3 is 0 Å². The minimum absolute atomic E-state index is 0.170. The van der Waals surface area contributed by atoms with Crippen LogP contribution in [0.4, 0.5) is 0 Å². The number of methoxy groups -OCH3 is 1. The van der Waals surface area contributed by atoms with E-state index < -0.39 is 24.4 Å². The summed E-state index contributed by atoms with van der Waals surface area (Å²) in [7, 11) is 1.27. The normalized spacial score (nSPS) is 43.2. The molecule has 3 N–H and O–H groups in total. The molecule has 0 radical (unpaired) electrons. The molecule has 5 nitrogen and oxygen atoms in total. The zero-order valence-corrected chi connectivity index (χ0v) is 6.67. The molecule has 1 aliphatic rings. The summed E-state index contributed by atoms with van der Waals surface area (Å²) in [5.74, 6) is -0.386. The predicted octanol–water partition coefficient (Wildman–Crippen LogP) is -1.94. The van der Waals surface area contributed by atoms with Gasteiger partial charge in [0.15, 0.2) is 5.78 Å². The van der Waals surface area contributed by atoms with Gasteiger partial charge in [0, 0.05) is 13.5 Å². The molecule has 0 heterocycles. The van der Waals surface area contributed by atoms with Gasteiger partial charge < -0.3 is 20.1 Å². The summed E-state index contributed by atoms with van der Waals surface area (Å²) in [6.07, 6.45) is -4.99. The van der Waals surface area contributed by atoms with Gasteiger partial charge in [0.05, 0.1) is 6.10 Å². The first-order valence-electron chi connectivity index (χ1n) is 3.67. The molecular weight excluding hydrogens is 164 g/mol. The van der Waals surface area contributed by atoms with Gasteiger partial charge in [0.1, 0.15) is 18.3 Å². The lowest BCUT2D eigenvalue weighted by molar-refractivity contribution is -0.166. The molecule has 0 aromatic heterocycles. The Morgan fingerprint density at radius 2 is 1.92 bits per heavy atom. The molecule has 0 aromatic rings. The highest BCUT2D eigenvalue weighted by Crippen LogP contribution is 2.18. The molecule has 0 amide bonds. The second-order valence-corrected chi connectivity index (χ2v) is 2.88. The number of rotatable bonds is 1. The van der Waals surface area contributed by atoms with Crippen molar-refractivity contribution in [2.24, 2.45) is 0 Å². The van der Waals surface area contributed by atoms with E-state index in [1.807, 2.05) is 0 Å². The fourth-order valence-corrected chi connectivity index (χ4v) is 1.31. The number of hydrogen-bond donors (Lipinski definition) is 3. The Balaban J connectivity index is 2.72. The van der Waals surface area contributed by atoms with Crippen LogP contribution in [0.25, 0.3) is 0 Å². The van der Waals surface area contributed by atoms with Gasteiger partial charge in [-0.2, -0.15) is 0 Å². The van der Waals surface area contributed by atoms with E-state index in [2.05, 4.69) is 4.74 Å². The third kappa shape index (κ3) is 1.49. The van der Waals surface area contributed by atoms with Crippen molar-refractivity contribution in [2.75, 3.05) is 7.11 Å². The molecule has 4 atom stereocenters. The highest BCUT2D eigenvalue weighted by atomic mass is 16.5. The van der Waals surface area contributed by atoms with E-state index in [1.54, 1.807) is 0 Å². The molecule has 4 unspecified atom stereocenters. The minimum Gasteiger partial charge on any atom is -0.390 e. The highest BCUT2D eigenvalue weighted by molar-refractivity contribution is 5.85. The van der Waals surface area contributed by atoms with E-state index in [1.165, 1.54) is 7.11 Å². The van der Waals surface area contributed by atoms with E-state index in [0.29, 0.717) is 0 Å². The molecule has 1 aliphatic carbocycles.